The van der Waals surface area contributed by atoms with Gasteiger partial charge >= 0.3 is 5.97 Å². The summed E-state index contributed by atoms with van der Waals surface area (Å²) in [4.78, 5) is 29.4. The molecule has 0 radical (unpaired) electrons. The Morgan fingerprint density at radius 1 is 1.18 bits per heavy atom. The van der Waals surface area contributed by atoms with Gasteiger partial charge in [0.05, 0.1) is 5.41 Å². The number of carbonyl (C=O) groups excluding carboxylic acids is 2. The number of ketones is 1. The number of benzene rings is 1. The first kappa shape index (κ1) is 18.2. The van der Waals surface area contributed by atoms with Crippen LogP contribution in [0.1, 0.15) is 61.5 Å². The van der Waals surface area contributed by atoms with Crippen molar-refractivity contribution >= 4 is 34.3 Å². The number of Topliss-reactive ketones (excluding diaryl/α,β-unsaturated/α-hetero) is 1. The predicted molar refractivity (Wildman–Crippen MR) is 109 cm³/mol. The number of ether oxygens (including phenoxy) is 1. The average molecular weight is 400 g/mol. The molecular formula is C23H26ClNO3. The minimum Gasteiger partial charge on any atom is -0.454 e. The first-order valence-electron chi connectivity index (χ1n) is 10.3. The molecule has 2 aromatic rings. The van der Waals surface area contributed by atoms with Crippen LogP contribution in [0.5, 0.6) is 0 Å². The van der Waals surface area contributed by atoms with Gasteiger partial charge in [0.1, 0.15) is 0 Å². The van der Waals surface area contributed by atoms with Crippen LogP contribution in [-0.4, -0.2) is 27.7 Å². The normalized spacial score (nSPS) is 34.5. The Bertz CT molecular complexity index is 963. The maximum Gasteiger partial charge on any atom is 0.312 e. The van der Waals surface area contributed by atoms with Crippen LogP contribution in [0, 0.1) is 24.2 Å². The van der Waals surface area contributed by atoms with E-state index in [-0.39, 0.29) is 16.6 Å². The largest absolute Gasteiger partial charge is 0.454 e. The van der Waals surface area contributed by atoms with Crippen molar-refractivity contribution in [1.82, 2.24) is 4.98 Å². The summed E-state index contributed by atoms with van der Waals surface area (Å²) in [6, 6.07) is 7.73. The molecule has 1 aromatic carbocycles. The Morgan fingerprint density at radius 2 is 1.86 bits per heavy atom. The van der Waals surface area contributed by atoms with Gasteiger partial charge in [0.25, 0.3) is 0 Å². The van der Waals surface area contributed by atoms with Crippen molar-refractivity contribution in [2.75, 3.05) is 0 Å². The van der Waals surface area contributed by atoms with Gasteiger partial charge < -0.3 is 9.72 Å². The molecule has 148 valence electrons. The number of aromatic nitrogens is 1. The predicted octanol–water partition coefficient (Wildman–Crippen LogP) is 5.17. The van der Waals surface area contributed by atoms with E-state index in [1.807, 2.05) is 31.2 Å². The number of carbonyl (C=O) groups is 2. The molecule has 3 atom stereocenters. The summed E-state index contributed by atoms with van der Waals surface area (Å²) < 4.78 is 5.81. The Labute approximate surface area is 170 Å². The number of H-pyrrole nitrogens is 1. The summed E-state index contributed by atoms with van der Waals surface area (Å²) in [6.07, 6.45) is 4.84. The van der Waals surface area contributed by atoms with Gasteiger partial charge in [0, 0.05) is 27.0 Å². The molecule has 4 nitrogen and oxygen atoms in total. The number of halogens is 1. The average Bonchev–Trinajstić information content (AvgIpc) is 2.94. The van der Waals surface area contributed by atoms with Crippen molar-refractivity contribution in [3.05, 3.63) is 35.5 Å². The van der Waals surface area contributed by atoms with Crippen molar-refractivity contribution in [2.45, 2.75) is 63.4 Å². The smallest absolute Gasteiger partial charge is 0.312 e. The lowest BCUT2D eigenvalue weighted by atomic mass is 9.49. The highest BCUT2D eigenvalue weighted by molar-refractivity contribution is 6.24. The molecule has 4 saturated carbocycles. The molecule has 0 unspecified atom stereocenters. The molecule has 0 amide bonds. The SMILES string of the molecule is Cc1[nH]c2ccccc2c1C(=O)[C@@H](C)OC(=O)C12C[C@H]3C[C@@H](CC(Cl)(C3)C1)C2. The molecule has 1 aromatic heterocycles. The highest BCUT2D eigenvalue weighted by atomic mass is 35.5. The number of esters is 1. The van der Waals surface area contributed by atoms with Gasteiger partial charge in [-0.15, -0.1) is 11.6 Å². The Hall–Kier alpha value is -1.81. The fraction of sp³-hybridized carbons (Fsp3) is 0.565. The van der Waals surface area contributed by atoms with Crippen molar-refractivity contribution < 1.29 is 14.3 Å². The molecule has 0 aliphatic heterocycles. The number of aromatic amines is 1. The second-order valence-corrected chi connectivity index (χ2v) is 10.3. The molecule has 0 saturated heterocycles. The number of para-hydroxylation sites is 1. The van der Waals surface area contributed by atoms with Crippen molar-refractivity contribution in [1.29, 1.82) is 0 Å². The minimum absolute atomic E-state index is 0.145. The molecule has 4 aliphatic rings. The Morgan fingerprint density at radius 3 is 2.54 bits per heavy atom. The number of aryl methyl sites for hydroxylation is 1. The zero-order valence-corrected chi connectivity index (χ0v) is 17.1. The maximum atomic E-state index is 13.2. The highest BCUT2D eigenvalue weighted by Crippen LogP contribution is 2.64. The van der Waals surface area contributed by atoms with Crippen LogP contribution < -0.4 is 0 Å². The number of nitrogens with one attached hydrogen (secondary N) is 1. The molecular weight excluding hydrogens is 374 g/mol. The van der Waals surface area contributed by atoms with E-state index in [1.165, 1.54) is 6.42 Å². The van der Waals surface area contributed by atoms with Gasteiger partial charge in [0.15, 0.2) is 6.10 Å². The van der Waals surface area contributed by atoms with Crippen LogP contribution in [0.15, 0.2) is 24.3 Å². The summed E-state index contributed by atoms with van der Waals surface area (Å²) in [7, 11) is 0. The van der Waals surface area contributed by atoms with Crippen LogP contribution in [0.3, 0.4) is 0 Å². The second-order valence-electron chi connectivity index (χ2n) is 9.47. The Balaban J connectivity index is 1.38. The summed E-state index contributed by atoms with van der Waals surface area (Å²) in [5.41, 5.74) is 1.86. The lowest BCUT2D eigenvalue weighted by Crippen LogP contribution is -2.56. The second kappa shape index (κ2) is 6.09. The molecule has 5 heteroatoms. The van der Waals surface area contributed by atoms with E-state index in [1.54, 1.807) is 6.92 Å². The molecule has 6 rings (SSSR count). The van der Waals surface area contributed by atoms with E-state index in [4.69, 9.17) is 16.3 Å². The van der Waals surface area contributed by atoms with Crippen LogP contribution in [0.25, 0.3) is 10.9 Å². The van der Waals surface area contributed by atoms with Crippen LogP contribution in [-0.2, 0) is 9.53 Å². The number of rotatable bonds is 4. The van der Waals surface area contributed by atoms with E-state index in [2.05, 4.69) is 4.98 Å². The fourth-order valence-electron chi connectivity index (χ4n) is 6.53. The molecule has 4 aliphatic carbocycles. The zero-order valence-electron chi connectivity index (χ0n) is 16.4. The van der Waals surface area contributed by atoms with Gasteiger partial charge in [0.2, 0.25) is 5.78 Å². The van der Waals surface area contributed by atoms with Crippen molar-refractivity contribution in [3.8, 4) is 0 Å². The molecule has 0 spiro atoms. The van der Waals surface area contributed by atoms with Crippen LogP contribution >= 0.6 is 11.6 Å². The van der Waals surface area contributed by atoms with Crippen LogP contribution in [0.2, 0.25) is 0 Å². The quantitative estimate of drug-likeness (QED) is 0.438. The summed E-state index contributed by atoms with van der Waals surface area (Å²) in [5.74, 6) is 0.680. The number of hydrogen-bond donors (Lipinski definition) is 1. The van der Waals surface area contributed by atoms with E-state index >= 15 is 0 Å². The van der Waals surface area contributed by atoms with Gasteiger partial charge in [-0.05, 0) is 70.3 Å². The van der Waals surface area contributed by atoms with Crippen molar-refractivity contribution in [2.24, 2.45) is 17.3 Å². The summed E-state index contributed by atoms with van der Waals surface area (Å²) in [5, 5.41) is 0.877. The number of hydrogen-bond acceptors (Lipinski definition) is 3. The number of fused-ring (bicyclic) bond motifs is 1. The minimum atomic E-state index is -0.801. The third-order valence-electron chi connectivity index (χ3n) is 7.22. The van der Waals surface area contributed by atoms with E-state index in [0.717, 1.165) is 42.3 Å². The molecule has 4 bridgehead atoms. The first-order valence-corrected chi connectivity index (χ1v) is 10.7. The fourth-order valence-corrected chi connectivity index (χ4v) is 7.22. The highest BCUT2D eigenvalue weighted by Gasteiger charge is 2.61. The van der Waals surface area contributed by atoms with Gasteiger partial charge in [-0.2, -0.15) is 0 Å². The van der Waals surface area contributed by atoms with E-state index in [0.29, 0.717) is 23.8 Å². The van der Waals surface area contributed by atoms with E-state index in [9.17, 15) is 9.59 Å². The molecule has 1 heterocycles. The molecule has 1 N–H and O–H groups in total. The Kier molecular flexibility index (Phi) is 3.97. The third-order valence-corrected chi connectivity index (χ3v) is 7.66. The van der Waals surface area contributed by atoms with E-state index < -0.39 is 11.5 Å². The van der Waals surface area contributed by atoms with Gasteiger partial charge in [-0.25, -0.2) is 0 Å². The topological polar surface area (TPSA) is 59.2 Å². The standard InChI is InChI=1S/C23H26ClNO3/c1-13-19(17-5-3-4-6-18(17)25-13)20(26)14(2)28-21(27)22-8-15-7-16(9-22)11-23(24,10-15)12-22/h3-6,14-16,25H,7-12H2,1-2H3/t14-,15-,16-,22?,23?/m1/s1. The summed E-state index contributed by atoms with van der Waals surface area (Å²) in [6.45, 7) is 3.58. The van der Waals surface area contributed by atoms with Gasteiger partial charge in [-0.1, -0.05) is 18.2 Å². The lowest BCUT2D eigenvalue weighted by Gasteiger charge is -2.58. The lowest BCUT2D eigenvalue weighted by molar-refractivity contribution is -0.172. The maximum absolute atomic E-state index is 13.2. The van der Waals surface area contributed by atoms with Crippen LogP contribution in [0.4, 0.5) is 0 Å². The van der Waals surface area contributed by atoms with Gasteiger partial charge in [-0.3, -0.25) is 9.59 Å². The number of alkyl halides is 1. The zero-order chi connectivity index (χ0) is 19.7. The van der Waals surface area contributed by atoms with Crippen molar-refractivity contribution in [3.63, 3.8) is 0 Å². The molecule has 4 fully saturated rings. The third kappa shape index (κ3) is 2.72. The monoisotopic (exact) mass is 399 g/mol. The summed E-state index contributed by atoms with van der Waals surface area (Å²) >= 11 is 6.85. The first-order chi connectivity index (χ1) is 13.3. The molecule has 28 heavy (non-hydrogen) atoms.